The summed E-state index contributed by atoms with van der Waals surface area (Å²) in [7, 11) is -4.18. The van der Waals surface area contributed by atoms with Crippen molar-refractivity contribution in [3.63, 3.8) is 0 Å². The van der Waals surface area contributed by atoms with E-state index in [1.54, 1.807) is 19.1 Å². The molecule has 0 saturated heterocycles. The average molecular weight is 446 g/mol. The van der Waals surface area contributed by atoms with E-state index in [4.69, 9.17) is 0 Å². The summed E-state index contributed by atoms with van der Waals surface area (Å²) in [5.74, 6) is -1.44. The second-order valence-corrected chi connectivity index (χ2v) is 9.30. The normalized spacial score (nSPS) is 11.9. The molecule has 0 radical (unpaired) electrons. The predicted molar refractivity (Wildman–Crippen MR) is 117 cm³/mol. The number of rotatable bonds is 7. The molecule has 0 atom stereocenters. The van der Waals surface area contributed by atoms with Gasteiger partial charge in [-0.2, -0.15) is 5.10 Å². The SMILES string of the molecule is C/C(=N/NC(=O)CN(c1ccccc1F)S(=O)(=O)c1ccc(C)cc1)c1cccs1. The number of anilines is 1. The molecule has 156 valence electrons. The molecule has 0 unspecified atom stereocenters. The second-order valence-electron chi connectivity index (χ2n) is 6.49. The highest BCUT2D eigenvalue weighted by Crippen LogP contribution is 2.26. The maximum absolute atomic E-state index is 14.4. The van der Waals surface area contributed by atoms with Crippen molar-refractivity contribution in [3.8, 4) is 0 Å². The smallest absolute Gasteiger partial charge is 0.264 e. The number of benzene rings is 2. The van der Waals surface area contributed by atoms with E-state index in [2.05, 4.69) is 10.5 Å². The molecule has 6 nitrogen and oxygen atoms in total. The zero-order valence-corrected chi connectivity index (χ0v) is 18.0. The van der Waals surface area contributed by atoms with Crippen molar-refractivity contribution in [2.75, 3.05) is 10.8 Å². The van der Waals surface area contributed by atoms with E-state index >= 15 is 0 Å². The molecular formula is C21H20FN3O3S2. The molecule has 0 bridgehead atoms. The van der Waals surface area contributed by atoms with Crippen LogP contribution < -0.4 is 9.73 Å². The van der Waals surface area contributed by atoms with Crippen LogP contribution in [0.5, 0.6) is 0 Å². The lowest BCUT2D eigenvalue weighted by atomic mass is 10.2. The molecule has 30 heavy (non-hydrogen) atoms. The highest BCUT2D eigenvalue weighted by Gasteiger charge is 2.29. The maximum Gasteiger partial charge on any atom is 0.264 e. The minimum Gasteiger partial charge on any atom is -0.271 e. The van der Waals surface area contributed by atoms with Gasteiger partial charge in [0.15, 0.2) is 0 Å². The predicted octanol–water partition coefficient (Wildman–Crippen LogP) is 3.93. The van der Waals surface area contributed by atoms with Crippen molar-refractivity contribution in [1.29, 1.82) is 0 Å². The second kappa shape index (κ2) is 9.19. The zero-order valence-electron chi connectivity index (χ0n) is 16.4. The van der Waals surface area contributed by atoms with E-state index in [1.807, 2.05) is 24.4 Å². The van der Waals surface area contributed by atoms with Gasteiger partial charge in [0.25, 0.3) is 15.9 Å². The number of aryl methyl sites for hydroxylation is 1. The molecule has 0 aliphatic rings. The first-order valence-electron chi connectivity index (χ1n) is 9.00. The zero-order chi connectivity index (χ0) is 21.7. The number of hydrogen-bond donors (Lipinski definition) is 1. The highest BCUT2D eigenvalue weighted by molar-refractivity contribution is 7.92. The van der Waals surface area contributed by atoms with Crippen molar-refractivity contribution in [2.45, 2.75) is 18.7 Å². The monoisotopic (exact) mass is 445 g/mol. The van der Waals surface area contributed by atoms with Gasteiger partial charge in [0.1, 0.15) is 12.4 Å². The number of halogens is 1. The molecule has 0 aliphatic carbocycles. The van der Waals surface area contributed by atoms with E-state index < -0.39 is 28.3 Å². The van der Waals surface area contributed by atoms with Crippen LogP contribution in [-0.2, 0) is 14.8 Å². The van der Waals surface area contributed by atoms with E-state index in [9.17, 15) is 17.6 Å². The van der Waals surface area contributed by atoms with Crippen LogP contribution in [0.1, 0.15) is 17.4 Å². The number of hydrazone groups is 1. The van der Waals surface area contributed by atoms with Gasteiger partial charge in [-0.1, -0.05) is 35.9 Å². The molecule has 0 aliphatic heterocycles. The number of hydrogen-bond acceptors (Lipinski definition) is 5. The Morgan fingerprint density at radius 3 is 2.43 bits per heavy atom. The molecule has 2 aromatic carbocycles. The summed E-state index contributed by atoms with van der Waals surface area (Å²) in [6.45, 7) is 2.93. The molecule has 0 spiro atoms. The lowest BCUT2D eigenvalue weighted by molar-refractivity contribution is -0.119. The average Bonchev–Trinajstić information content (AvgIpc) is 3.26. The first-order chi connectivity index (χ1) is 14.3. The van der Waals surface area contributed by atoms with Crippen LogP contribution in [0.2, 0.25) is 0 Å². The van der Waals surface area contributed by atoms with Crippen LogP contribution in [0.3, 0.4) is 0 Å². The number of nitrogens with one attached hydrogen (secondary N) is 1. The summed E-state index contributed by atoms with van der Waals surface area (Å²) in [5.41, 5.74) is 3.59. The van der Waals surface area contributed by atoms with E-state index in [0.29, 0.717) is 5.71 Å². The van der Waals surface area contributed by atoms with E-state index in [0.717, 1.165) is 20.8 Å². The van der Waals surface area contributed by atoms with Gasteiger partial charge in [0, 0.05) is 4.88 Å². The highest BCUT2D eigenvalue weighted by atomic mass is 32.2. The van der Waals surface area contributed by atoms with E-state index in [-0.39, 0.29) is 10.6 Å². The third-order valence-electron chi connectivity index (χ3n) is 4.24. The molecule has 1 aromatic heterocycles. The van der Waals surface area contributed by atoms with Crippen LogP contribution >= 0.6 is 11.3 Å². The van der Waals surface area contributed by atoms with Crippen molar-refractivity contribution in [3.05, 3.63) is 82.3 Å². The van der Waals surface area contributed by atoms with Crippen molar-refractivity contribution >= 4 is 38.7 Å². The Bertz CT molecular complexity index is 1160. The largest absolute Gasteiger partial charge is 0.271 e. The fourth-order valence-corrected chi connectivity index (χ4v) is 4.75. The van der Waals surface area contributed by atoms with Crippen molar-refractivity contribution < 1.29 is 17.6 Å². The number of carbonyl (C=O) groups excluding carboxylic acids is 1. The lowest BCUT2D eigenvalue weighted by Gasteiger charge is -2.24. The first-order valence-corrected chi connectivity index (χ1v) is 11.3. The van der Waals surface area contributed by atoms with Crippen molar-refractivity contribution in [2.24, 2.45) is 5.10 Å². The number of para-hydroxylation sites is 1. The van der Waals surface area contributed by atoms with Crippen LogP contribution in [0.25, 0.3) is 0 Å². The molecule has 0 fully saturated rings. The van der Waals surface area contributed by atoms with Crippen LogP contribution in [-0.4, -0.2) is 26.6 Å². The molecule has 1 heterocycles. The third kappa shape index (κ3) is 4.92. The van der Waals surface area contributed by atoms with Crippen molar-refractivity contribution in [1.82, 2.24) is 5.43 Å². The molecule has 1 N–H and O–H groups in total. The fourth-order valence-electron chi connectivity index (χ4n) is 2.64. The first kappa shape index (κ1) is 21.7. The Morgan fingerprint density at radius 2 is 1.80 bits per heavy atom. The number of carbonyl (C=O) groups is 1. The summed E-state index contributed by atoms with van der Waals surface area (Å²) in [5, 5.41) is 5.89. The van der Waals surface area contributed by atoms with Crippen LogP contribution in [0, 0.1) is 12.7 Å². The van der Waals surface area contributed by atoms with Gasteiger partial charge in [0.05, 0.1) is 16.3 Å². The molecule has 1 amide bonds. The summed E-state index contributed by atoms with van der Waals surface area (Å²) in [4.78, 5) is 13.3. The van der Waals surface area contributed by atoms with Gasteiger partial charge in [-0.15, -0.1) is 11.3 Å². The third-order valence-corrected chi connectivity index (χ3v) is 7.00. The quantitative estimate of drug-likeness (QED) is 0.442. The Balaban J connectivity index is 1.90. The van der Waals surface area contributed by atoms with E-state index in [1.165, 1.54) is 41.7 Å². The van der Waals surface area contributed by atoms with Gasteiger partial charge in [-0.05, 0) is 49.6 Å². The van der Waals surface area contributed by atoms with Crippen LogP contribution in [0.15, 0.2) is 76.0 Å². The minimum atomic E-state index is -4.18. The molecule has 3 aromatic rings. The van der Waals surface area contributed by atoms with Gasteiger partial charge < -0.3 is 0 Å². The molecule has 3 rings (SSSR count). The number of thiophene rings is 1. The maximum atomic E-state index is 14.4. The van der Waals surface area contributed by atoms with Gasteiger partial charge in [-0.3, -0.25) is 9.10 Å². The number of amides is 1. The Kier molecular flexibility index (Phi) is 6.63. The molecule has 0 saturated carbocycles. The van der Waals surface area contributed by atoms with Gasteiger partial charge >= 0.3 is 0 Å². The summed E-state index contributed by atoms with van der Waals surface area (Å²) >= 11 is 1.46. The Labute approximate surface area is 178 Å². The van der Waals surface area contributed by atoms with Crippen LogP contribution in [0.4, 0.5) is 10.1 Å². The fraction of sp³-hybridized carbons (Fsp3) is 0.143. The lowest BCUT2D eigenvalue weighted by Crippen LogP contribution is -2.40. The standard InChI is InChI=1S/C21H20FN3O3S2/c1-15-9-11-17(12-10-15)30(27,28)25(19-7-4-3-6-18(19)22)14-21(26)24-23-16(2)20-8-5-13-29-20/h3-13H,14H2,1-2H3,(H,24,26)/b23-16-. The number of sulfonamides is 1. The number of nitrogens with zero attached hydrogens (tertiary/aromatic N) is 2. The topological polar surface area (TPSA) is 78.8 Å². The summed E-state index contributed by atoms with van der Waals surface area (Å²) < 4.78 is 41.6. The molecule has 9 heteroatoms. The molecular weight excluding hydrogens is 425 g/mol. The minimum absolute atomic E-state index is 0.0394. The summed E-state index contributed by atoms with van der Waals surface area (Å²) in [6, 6.07) is 15.3. The van der Waals surface area contributed by atoms with Gasteiger partial charge in [0.2, 0.25) is 0 Å². The Hall–Kier alpha value is -3.04. The Morgan fingerprint density at radius 1 is 1.10 bits per heavy atom. The summed E-state index contributed by atoms with van der Waals surface area (Å²) in [6.07, 6.45) is 0. The van der Waals surface area contributed by atoms with Gasteiger partial charge in [-0.25, -0.2) is 18.2 Å².